The molecule has 0 aliphatic heterocycles. The van der Waals surface area contributed by atoms with Crippen molar-refractivity contribution in [2.45, 2.75) is 13.8 Å². The molecule has 0 atom stereocenters. The molecule has 0 aromatic rings. The molecule has 56 valence electrons. The molecule has 0 unspecified atom stereocenters. The molecule has 0 amide bonds. The van der Waals surface area contributed by atoms with Crippen LogP contribution in [0.25, 0.3) is 0 Å². The molecule has 4 heteroatoms. The van der Waals surface area contributed by atoms with Gasteiger partial charge in [0.15, 0.2) is 0 Å². The topological polar surface area (TPSA) is 55.3 Å². The SMILES string of the molecule is CC[NH3+].CC[NH3+].[F-].[F-]. The molecular weight excluding hydrogens is 114 g/mol. The summed E-state index contributed by atoms with van der Waals surface area (Å²) in [6.45, 7) is 6.03. The molecule has 0 fully saturated rings. The Morgan fingerprint density at radius 1 is 0.875 bits per heavy atom. The Labute approximate surface area is 49.0 Å². The average molecular weight is 130 g/mol. The van der Waals surface area contributed by atoms with Gasteiger partial charge in [0.05, 0.1) is 13.1 Å². The molecule has 8 heavy (non-hydrogen) atoms. The highest BCUT2D eigenvalue weighted by atomic mass is 19.0. The van der Waals surface area contributed by atoms with E-state index in [4.69, 9.17) is 0 Å². The highest BCUT2D eigenvalue weighted by Crippen LogP contribution is 1.14. The second-order valence-electron chi connectivity index (χ2n) is 1.000. The summed E-state index contributed by atoms with van der Waals surface area (Å²) in [5.41, 5.74) is 6.97. The van der Waals surface area contributed by atoms with Gasteiger partial charge in [0, 0.05) is 0 Å². The Bertz CT molecular complexity index is 14.0. The summed E-state index contributed by atoms with van der Waals surface area (Å²) >= 11 is 0. The number of hydrogen-bond donors (Lipinski definition) is 2. The molecule has 0 radical (unpaired) electrons. The average Bonchev–Trinajstić information content (AvgIpc) is 1.39. The van der Waals surface area contributed by atoms with E-state index in [1.54, 1.807) is 0 Å². The predicted molar refractivity (Wildman–Crippen MR) is 26.9 cm³/mol. The first-order valence-corrected chi connectivity index (χ1v) is 2.41. The minimum absolute atomic E-state index is 0. The van der Waals surface area contributed by atoms with Gasteiger partial charge in [-0.2, -0.15) is 0 Å². The minimum atomic E-state index is 0. The molecular formula is C4H16F2N2. The maximum Gasteiger partial charge on any atom is 0.0711 e. The molecule has 0 rings (SSSR count). The van der Waals surface area contributed by atoms with E-state index in [-0.39, 0.29) is 9.41 Å². The molecule has 0 spiro atoms. The van der Waals surface area contributed by atoms with Crippen LogP contribution in [0.2, 0.25) is 0 Å². The molecule has 0 bridgehead atoms. The summed E-state index contributed by atoms with van der Waals surface area (Å²) in [5, 5.41) is 0. The van der Waals surface area contributed by atoms with Crippen LogP contribution in [0.3, 0.4) is 0 Å². The lowest BCUT2D eigenvalue weighted by atomic mass is 10.8. The number of hydrogen-bond acceptors (Lipinski definition) is 0. The Kier molecular flexibility index (Phi) is 224. The van der Waals surface area contributed by atoms with E-state index in [1.807, 2.05) is 13.8 Å². The molecule has 0 heterocycles. The maximum atomic E-state index is 3.49. The predicted octanol–water partition coefficient (Wildman–Crippen LogP) is -7.50. The zero-order valence-corrected chi connectivity index (χ0v) is 5.58. The summed E-state index contributed by atoms with van der Waals surface area (Å²) in [6, 6.07) is 0. The first kappa shape index (κ1) is 25.0. The van der Waals surface area contributed by atoms with Gasteiger partial charge in [-0.25, -0.2) is 0 Å². The quantitative estimate of drug-likeness (QED) is 0.327. The minimum Gasteiger partial charge on any atom is -1.00 e. The van der Waals surface area contributed by atoms with Gasteiger partial charge < -0.3 is 20.9 Å². The normalized spacial score (nSPS) is 4.50. The monoisotopic (exact) mass is 130 g/mol. The van der Waals surface area contributed by atoms with Crippen LogP contribution in [0.15, 0.2) is 0 Å². The highest BCUT2D eigenvalue weighted by molar-refractivity contribution is 3.80. The van der Waals surface area contributed by atoms with E-state index in [9.17, 15) is 0 Å². The maximum absolute atomic E-state index is 3.49. The second-order valence-corrected chi connectivity index (χ2v) is 1.000. The summed E-state index contributed by atoms with van der Waals surface area (Å²) in [5.74, 6) is 0. The van der Waals surface area contributed by atoms with Gasteiger partial charge in [-0.3, -0.25) is 0 Å². The molecule has 2 nitrogen and oxygen atoms in total. The van der Waals surface area contributed by atoms with E-state index >= 15 is 0 Å². The van der Waals surface area contributed by atoms with Gasteiger partial charge in [0.2, 0.25) is 0 Å². The molecule has 0 aromatic heterocycles. The lowest BCUT2D eigenvalue weighted by Crippen LogP contribution is -3.00. The lowest BCUT2D eigenvalue weighted by Gasteiger charge is -1.49. The van der Waals surface area contributed by atoms with Crippen molar-refractivity contribution in [2.24, 2.45) is 0 Å². The molecule has 0 saturated heterocycles. The van der Waals surface area contributed by atoms with Gasteiger partial charge in [0.25, 0.3) is 0 Å². The van der Waals surface area contributed by atoms with Gasteiger partial charge in [-0.05, 0) is 13.8 Å². The van der Waals surface area contributed by atoms with Crippen molar-refractivity contribution in [1.82, 2.24) is 0 Å². The van der Waals surface area contributed by atoms with Crippen LogP contribution in [0.4, 0.5) is 0 Å². The van der Waals surface area contributed by atoms with Crippen molar-refractivity contribution < 1.29 is 20.9 Å². The van der Waals surface area contributed by atoms with Crippen molar-refractivity contribution in [3.8, 4) is 0 Å². The Hall–Kier alpha value is -0.220. The summed E-state index contributed by atoms with van der Waals surface area (Å²) in [7, 11) is 0. The first-order valence-electron chi connectivity index (χ1n) is 2.41. The fourth-order valence-electron chi connectivity index (χ4n) is 0. The van der Waals surface area contributed by atoms with Crippen LogP contribution >= 0.6 is 0 Å². The molecule has 6 N–H and O–H groups in total. The Morgan fingerprint density at radius 2 is 0.875 bits per heavy atom. The second kappa shape index (κ2) is 71.5. The zero-order chi connectivity index (χ0) is 5.41. The first-order chi connectivity index (χ1) is 2.83. The molecule has 0 aliphatic rings. The van der Waals surface area contributed by atoms with E-state index in [2.05, 4.69) is 11.5 Å². The van der Waals surface area contributed by atoms with Crippen molar-refractivity contribution >= 4 is 0 Å². The van der Waals surface area contributed by atoms with Crippen molar-refractivity contribution in [1.29, 1.82) is 0 Å². The van der Waals surface area contributed by atoms with Crippen LogP contribution in [0.1, 0.15) is 13.8 Å². The van der Waals surface area contributed by atoms with Crippen molar-refractivity contribution in [3.05, 3.63) is 0 Å². The fraction of sp³-hybridized carbons (Fsp3) is 1.00. The van der Waals surface area contributed by atoms with Crippen LogP contribution in [0, 0.1) is 0 Å². The van der Waals surface area contributed by atoms with Crippen LogP contribution < -0.4 is 20.9 Å². The van der Waals surface area contributed by atoms with E-state index in [0.29, 0.717) is 0 Å². The van der Waals surface area contributed by atoms with Gasteiger partial charge in [-0.15, -0.1) is 0 Å². The lowest BCUT2D eigenvalue weighted by molar-refractivity contribution is -0.362. The van der Waals surface area contributed by atoms with Crippen LogP contribution in [-0.2, 0) is 0 Å². The van der Waals surface area contributed by atoms with Crippen LogP contribution in [-0.4, -0.2) is 13.1 Å². The summed E-state index contributed by atoms with van der Waals surface area (Å²) in [6.07, 6.45) is 0. The molecule has 0 aromatic carbocycles. The van der Waals surface area contributed by atoms with E-state index in [1.165, 1.54) is 0 Å². The smallest absolute Gasteiger partial charge is 0.0711 e. The zero-order valence-electron chi connectivity index (χ0n) is 5.58. The van der Waals surface area contributed by atoms with Gasteiger partial charge in [0.1, 0.15) is 0 Å². The largest absolute Gasteiger partial charge is 1.00 e. The Balaban J connectivity index is -0.0000000160. The number of rotatable bonds is 0. The van der Waals surface area contributed by atoms with Gasteiger partial charge >= 0.3 is 0 Å². The Morgan fingerprint density at radius 3 is 0.875 bits per heavy atom. The number of halogens is 2. The third-order valence-electron chi connectivity index (χ3n) is 0. The standard InChI is InChI=1S/2C2H7N.2FH/c2*1-2-3;;/h2*2-3H2,1H3;2*1H. The summed E-state index contributed by atoms with van der Waals surface area (Å²) < 4.78 is 0. The fourth-order valence-corrected chi connectivity index (χ4v) is 0. The molecule has 0 saturated carbocycles. The van der Waals surface area contributed by atoms with Crippen LogP contribution in [0.5, 0.6) is 0 Å². The molecule has 0 aliphatic carbocycles. The third kappa shape index (κ3) is 2730. The van der Waals surface area contributed by atoms with E-state index < -0.39 is 0 Å². The third-order valence-corrected chi connectivity index (χ3v) is 0. The van der Waals surface area contributed by atoms with E-state index in [0.717, 1.165) is 13.1 Å². The van der Waals surface area contributed by atoms with Crippen molar-refractivity contribution in [3.63, 3.8) is 0 Å². The highest BCUT2D eigenvalue weighted by Gasteiger charge is 1.37. The number of quaternary nitrogens is 2. The summed E-state index contributed by atoms with van der Waals surface area (Å²) in [4.78, 5) is 0. The van der Waals surface area contributed by atoms with Crippen molar-refractivity contribution in [2.75, 3.05) is 13.1 Å². The van der Waals surface area contributed by atoms with Gasteiger partial charge in [-0.1, -0.05) is 0 Å².